The zero-order chi connectivity index (χ0) is 19.1. The van der Waals surface area contributed by atoms with Crippen LogP contribution in [0.4, 0.5) is 5.69 Å². The SMILES string of the molecule is COC(=O)c1ccc(C(=O)OC)c(NC(=O)C(=O)NCc2ccco2)c1. The van der Waals surface area contributed by atoms with E-state index in [9.17, 15) is 19.2 Å². The molecule has 2 rings (SSSR count). The van der Waals surface area contributed by atoms with Crippen LogP contribution < -0.4 is 10.6 Å². The summed E-state index contributed by atoms with van der Waals surface area (Å²) < 4.78 is 14.3. The first-order valence-corrected chi connectivity index (χ1v) is 7.38. The second-order valence-corrected chi connectivity index (χ2v) is 4.96. The highest BCUT2D eigenvalue weighted by atomic mass is 16.5. The summed E-state index contributed by atoms with van der Waals surface area (Å²) in [4.78, 5) is 47.4. The molecular formula is C17H16N2O7. The maximum atomic E-state index is 12.1. The van der Waals surface area contributed by atoms with Crippen molar-refractivity contribution >= 4 is 29.4 Å². The first-order valence-electron chi connectivity index (χ1n) is 7.38. The molecule has 26 heavy (non-hydrogen) atoms. The standard InChI is InChI=1S/C17H16N2O7/c1-24-16(22)10-5-6-12(17(23)25-2)13(8-10)19-15(21)14(20)18-9-11-4-3-7-26-11/h3-8H,9H2,1-2H3,(H,18,20)(H,19,21). The van der Waals surface area contributed by atoms with Crippen LogP contribution >= 0.6 is 0 Å². The summed E-state index contributed by atoms with van der Waals surface area (Å²) in [6.07, 6.45) is 1.43. The lowest BCUT2D eigenvalue weighted by Gasteiger charge is -2.11. The third-order valence-electron chi connectivity index (χ3n) is 3.30. The Morgan fingerprint density at radius 3 is 2.35 bits per heavy atom. The number of benzene rings is 1. The van der Waals surface area contributed by atoms with Crippen molar-refractivity contribution in [2.75, 3.05) is 19.5 Å². The molecule has 1 aromatic carbocycles. The fourth-order valence-electron chi connectivity index (χ4n) is 2.02. The molecule has 0 fully saturated rings. The van der Waals surface area contributed by atoms with E-state index in [0.29, 0.717) is 5.76 Å². The molecule has 2 amide bonds. The number of hydrogen-bond donors (Lipinski definition) is 2. The van der Waals surface area contributed by atoms with E-state index in [1.54, 1.807) is 12.1 Å². The first kappa shape index (κ1) is 18.7. The lowest BCUT2D eigenvalue weighted by atomic mass is 10.1. The molecule has 0 aliphatic carbocycles. The van der Waals surface area contributed by atoms with Gasteiger partial charge in [0.2, 0.25) is 0 Å². The Morgan fingerprint density at radius 2 is 1.73 bits per heavy atom. The lowest BCUT2D eigenvalue weighted by Crippen LogP contribution is -2.35. The van der Waals surface area contributed by atoms with E-state index in [4.69, 9.17) is 4.42 Å². The number of anilines is 1. The molecule has 0 aliphatic rings. The number of nitrogens with one attached hydrogen (secondary N) is 2. The fourth-order valence-corrected chi connectivity index (χ4v) is 2.02. The molecule has 9 heteroatoms. The Hall–Kier alpha value is -3.62. The Bertz CT molecular complexity index is 828. The molecule has 2 aromatic rings. The van der Waals surface area contributed by atoms with Gasteiger partial charge < -0.3 is 24.5 Å². The minimum absolute atomic E-state index is 0.0192. The van der Waals surface area contributed by atoms with Gasteiger partial charge in [-0.2, -0.15) is 0 Å². The molecule has 2 N–H and O–H groups in total. The number of carbonyl (C=O) groups is 4. The average Bonchev–Trinajstić information content (AvgIpc) is 3.18. The van der Waals surface area contributed by atoms with Crippen molar-refractivity contribution in [1.29, 1.82) is 0 Å². The third kappa shape index (κ3) is 4.47. The van der Waals surface area contributed by atoms with Gasteiger partial charge >= 0.3 is 23.8 Å². The largest absolute Gasteiger partial charge is 0.467 e. The van der Waals surface area contributed by atoms with Crippen molar-refractivity contribution in [2.24, 2.45) is 0 Å². The molecule has 0 atom stereocenters. The molecule has 9 nitrogen and oxygen atoms in total. The Kier molecular flexibility index (Phi) is 6.10. The smallest absolute Gasteiger partial charge is 0.339 e. The second-order valence-electron chi connectivity index (χ2n) is 4.96. The van der Waals surface area contributed by atoms with Crippen molar-refractivity contribution in [3.8, 4) is 0 Å². The maximum Gasteiger partial charge on any atom is 0.339 e. The Morgan fingerprint density at radius 1 is 1.00 bits per heavy atom. The van der Waals surface area contributed by atoms with Crippen LogP contribution in [-0.4, -0.2) is 38.0 Å². The van der Waals surface area contributed by atoms with Crippen molar-refractivity contribution in [1.82, 2.24) is 5.32 Å². The fraction of sp³-hybridized carbons (Fsp3) is 0.176. The van der Waals surface area contributed by atoms with Gasteiger partial charge in [-0.05, 0) is 30.3 Å². The topological polar surface area (TPSA) is 124 Å². The summed E-state index contributed by atoms with van der Waals surface area (Å²) >= 11 is 0. The van der Waals surface area contributed by atoms with Gasteiger partial charge in [0.1, 0.15) is 5.76 Å². The highest BCUT2D eigenvalue weighted by Crippen LogP contribution is 2.19. The molecule has 0 spiro atoms. The Balaban J connectivity index is 2.16. The maximum absolute atomic E-state index is 12.1. The highest BCUT2D eigenvalue weighted by Gasteiger charge is 2.20. The predicted molar refractivity (Wildman–Crippen MR) is 88.3 cm³/mol. The van der Waals surface area contributed by atoms with E-state index in [-0.39, 0.29) is 23.4 Å². The number of carbonyl (C=O) groups excluding carboxylic acids is 4. The number of hydrogen-bond acceptors (Lipinski definition) is 7. The number of methoxy groups -OCH3 is 2. The lowest BCUT2D eigenvalue weighted by molar-refractivity contribution is -0.136. The summed E-state index contributed by atoms with van der Waals surface area (Å²) in [5.74, 6) is -2.91. The van der Waals surface area contributed by atoms with Crippen molar-refractivity contribution in [3.05, 3.63) is 53.5 Å². The van der Waals surface area contributed by atoms with Crippen LogP contribution in [-0.2, 0) is 25.6 Å². The highest BCUT2D eigenvalue weighted by molar-refractivity contribution is 6.40. The molecule has 1 aromatic heterocycles. The summed E-state index contributed by atoms with van der Waals surface area (Å²) in [5.41, 5.74) is 0.0108. The molecule has 136 valence electrons. The third-order valence-corrected chi connectivity index (χ3v) is 3.30. The number of rotatable bonds is 5. The van der Waals surface area contributed by atoms with Crippen molar-refractivity contribution in [3.63, 3.8) is 0 Å². The van der Waals surface area contributed by atoms with E-state index < -0.39 is 23.8 Å². The van der Waals surface area contributed by atoms with E-state index in [2.05, 4.69) is 20.1 Å². The molecule has 0 bridgehead atoms. The van der Waals surface area contributed by atoms with Gasteiger partial charge in [0.15, 0.2) is 0 Å². The monoisotopic (exact) mass is 360 g/mol. The van der Waals surface area contributed by atoms with Crippen LogP contribution in [0, 0.1) is 0 Å². The summed E-state index contributed by atoms with van der Waals surface area (Å²) in [6, 6.07) is 7.12. The van der Waals surface area contributed by atoms with Crippen LogP contribution in [0.2, 0.25) is 0 Å². The Labute approximate surface area is 148 Å². The molecule has 0 aliphatic heterocycles. The van der Waals surface area contributed by atoms with Crippen LogP contribution in [0.5, 0.6) is 0 Å². The quantitative estimate of drug-likeness (QED) is 0.604. The molecule has 1 heterocycles. The van der Waals surface area contributed by atoms with Gasteiger partial charge in [-0.1, -0.05) is 0 Å². The van der Waals surface area contributed by atoms with Crippen LogP contribution in [0.1, 0.15) is 26.5 Å². The average molecular weight is 360 g/mol. The van der Waals surface area contributed by atoms with Crippen LogP contribution in [0.3, 0.4) is 0 Å². The second kappa shape index (κ2) is 8.47. The normalized spacial score (nSPS) is 9.92. The number of furan rings is 1. The number of ether oxygens (including phenoxy) is 2. The molecule has 0 saturated heterocycles. The van der Waals surface area contributed by atoms with Crippen LogP contribution in [0.15, 0.2) is 41.0 Å². The van der Waals surface area contributed by atoms with E-state index in [1.807, 2.05) is 0 Å². The van der Waals surface area contributed by atoms with E-state index >= 15 is 0 Å². The number of amides is 2. The summed E-state index contributed by atoms with van der Waals surface area (Å²) in [6.45, 7) is 0.0192. The zero-order valence-corrected chi connectivity index (χ0v) is 14.0. The van der Waals surface area contributed by atoms with Gasteiger partial charge in [0, 0.05) is 0 Å². The van der Waals surface area contributed by atoms with E-state index in [1.165, 1.54) is 31.6 Å². The minimum Gasteiger partial charge on any atom is -0.467 e. The molecule has 0 radical (unpaired) electrons. The van der Waals surface area contributed by atoms with Gasteiger partial charge in [0.05, 0.1) is 43.8 Å². The van der Waals surface area contributed by atoms with Gasteiger partial charge in [-0.25, -0.2) is 9.59 Å². The predicted octanol–water partition coefficient (Wildman–Crippen LogP) is 1.11. The van der Waals surface area contributed by atoms with Gasteiger partial charge in [-0.3, -0.25) is 9.59 Å². The summed E-state index contributed by atoms with van der Waals surface area (Å²) in [5, 5.41) is 4.65. The number of esters is 2. The van der Waals surface area contributed by atoms with Crippen molar-refractivity contribution in [2.45, 2.75) is 6.54 Å². The van der Waals surface area contributed by atoms with Crippen LogP contribution in [0.25, 0.3) is 0 Å². The molecular weight excluding hydrogens is 344 g/mol. The van der Waals surface area contributed by atoms with Crippen molar-refractivity contribution < 1.29 is 33.1 Å². The summed E-state index contributed by atoms with van der Waals surface area (Å²) in [7, 11) is 2.36. The van der Waals surface area contributed by atoms with Gasteiger partial charge in [0.25, 0.3) is 0 Å². The first-order chi connectivity index (χ1) is 12.5. The van der Waals surface area contributed by atoms with E-state index in [0.717, 1.165) is 7.11 Å². The zero-order valence-electron chi connectivity index (χ0n) is 14.0. The molecule has 0 unspecified atom stereocenters. The minimum atomic E-state index is -1.02. The molecule has 0 saturated carbocycles. The van der Waals surface area contributed by atoms with Gasteiger partial charge in [-0.15, -0.1) is 0 Å².